The molecular formula is C11H20N2O3. The minimum atomic E-state index is -0.496. The van der Waals surface area contributed by atoms with Gasteiger partial charge in [-0.1, -0.05) is 0 Å². The number of carbonyl (C=O) groups excluding carboxylic acids is 2. The first-order valence-corrected chi connectivity index (χ1v) is 5.53. The molecule has 1 amide bonds. The molecule has 5 heteroatoms. The van der Waals surface area contributed by atoms with Crippen molar-refractivity contribution in [2.45, 2.75) is 39.7 Å². The second-order valence-electron chi connectivity index (χ2n) is 5.16. The molecule has 0 radical (unpaired) electrons. The highest BCUT2D eigenvalue weighted by atomic mass is 16.6. The van der Waals surface area contributed by atoms with Gasteiger partial charge in [0.15, 0.2) is 0 Å². The van der Waals surface area contributed by atoms with Gasteiger partial charge in [-0.15, -0.1) is 0 Å². The summed E-state index contributed by atoms with van der Waals surface area (Å²) in [6.45, 7) is 8.30. The minimum Gasteiger partial charge on any atom is -0.443 e. The zero-order chi connectivity index (χ0) is 12.3. The van der Waals surface area contributed by atoms with Crippen LogP contribution in [0.15, 0.2) is 0 Å². The molecule has 1 aliphatic heterocycles. The van der Waals surface area contributed by atoms with Crippen molar-refractivity contribution in [3.63, 3.8) is 0 Å². The van der Waals surface area contributed by atoms with Gasteiger partial charge in [-0.25, -0.2) is 9.80 Å². The van der Waals surface area contributed by atoms with E-state index >= 15 is 0 Å². The van der Waals surface area contributed by atoms with Crippen molar-refractivity contribution >= 4 is 11.9 Å². The highest BCUT2D eigenvalue weighted by Gasteiger charge is 2.27. The highest BCUT2D eigenvalue weighted by molar-refractivity contribution is 5.78. The number of ketones is 1. The summed E-state index contributed by atoms with van der Waals surface area (Å²) in [6.07, 6.45) is 0.335. The fourth-order valence-electron chi connectivity index (χ4n) is 1.62. The third-order valence-electron chi connectivity index (χ3n) is 2.41. The van der Waals surface area contributed by atoms with Crippen LogP contribution >= 0.6 is 0 Å². The lowest BCUT2D eigenvalue weighted by Gasteiger charge is -2.23. The van der Waals surface area contributed by atoms with E-state index in [4.69, 9.17) is 4.74 Å². The van der Waals surface area contributed by atoms with Crippen molar-refractivity contribution < 1.29 is 14.3 Å². The Labute approximate surface area is 96.1 Å². The Morgan fingerprint density at radius 2 is 2.00 bits per heavy atom. The molecule has 1 atom stereocenters. The summed E-state index contributed by atoms with van der Waals surface area (Å²) in [5.74, 6) is 0.212. The lowest BCUT2D eigenvalue weighted by atomic mass is 10.1. The summed E-state index contributed by atoms with van der Waals surface area (Å²) < 4.78 is 5.12. The van der Waals surface area contributed by atoms with E-state index in [9.17, 15) is 9.59 Å². The van der Waals surface area contributed by atoms with Crippen molar-refractivity contribution in [2.75, 3.05) is 13.1 Å². The molecule has 0 aromatic heterocycles. The van der Waals surface area contributed by atoms with E-state index in [0.29, 0.717) is 13.1 Å². The Morgan fingerprint density at radius 3 is 2.44 bits per heavy atom. The van der Waals surface area contributed by atoms with Gasteiger partial charge in [0.05, 0.1) is 0 Å². The van der Waals surface area contributed by atoms with Crippen molar-refractivity contribution in [3.8, 4) is 0 Å². The van der Waals surface area contributed by atoms with Gasteiger partial charge in [-0.3, -0.25) is 10.2 Å². The van der Waals surface area contributed by atoms with Gasteiger partial charge in [0.25, 0.3) is 0 Å². The van der Waals surface area contributed by atoms with Gasteiger partial charge in [0, 0.05) is 19.0 Å². The van der Waals surface area contributed by atoms with Gasteiger partial charge in [0.1, 0.15) is 11.4 Å². The first kappa shape index (κ1) is 13.0. The van der Waals surface area contributed by atoms with E-state index in [1.165, 1.54) is 0 Å². The van der Waals surface area contributed by atoms with E-state index in [0.717, 1.165) is 6.42 Å². The lowest BCUT2D eigenvalue weighted by molar-refractivity contribution is -0.120. The Hall–Kier alpha value is -1.10. The Bertz CT molecular complexity index is 283. The zero-order valence-electron chi connectivity index (χ0n) is 10.4. The van der Waals surface area contributed by atoms with Crippen molar-refractivity contribution in [1.29, 1.82) is 0 Å². The summed E-state index contributed by atoms with van der Waals surface area (Å²) in [4.78, 5) is 22.6. The molecule has 5 nitrogen and oxygen atoms in total. The van der Waals surface area contributed by atoms with Crippen LogP contribution in [0.5, 0.6) is 0 Å². The van der Waals surface area contributed by atoms with Gasteiger partial charge in [-0.2, -0.15) is 0 Å². The maximum atomic E-state index is 11.4. The van der Waals surface area contributed by atoms with Crippen LogP contribution in [0.3, 0.4) is 0 Å². The number of rotatable bonds is 2. The number of nitrogens with zero attached hydrogens (tertiary/aromatic N) is 1. The van der Waals surface area contributed by atoms with Crippen molar-refractivity contribution in [3.05, 3.63) is 0 Å². The summed E-state index contributed by atoms with van der Waals surface area (Å²) in [5, 5.41) is 1.74. The lowest BCUT2D eigenvalue weighted by Crippen LogP contribution is -2.43. The van der Waals surface area contributed by atoms with E-state index in [-0.39, 0.29) is 11.7 Å². The third kappa shape index (κ3) is 4.18. The van der Waals surface area contributed by atoms with Crippen LogP contribution in [0.2, 0.25) is 0 Å². The predicted octanol–water partition coefficient (Wildman–Crippen LogP) is 1.34. The SMILES string of the molecule is CC(=O)C1CCN(NC(=O)OC(C)(C)C)C1. The fourth-order valence-corrected chi connectivity index (χ4v) is 1.62. The number of amides is 1. The average molecular weight is 228 g/mol. The van der Waals surface area contributed by atoms with Crippen molar-refractivity contribution in [1.82, 2.24) is 10.4 Å². The highest BCUT2D eigenvalue weighted by Crippen LogP contribution is 2.15. The van der Waals surface area contributed by atoms with E-state index < -0.39 is 11.7 Å². The zero-order valence-corrected chi connectivity index (χ0v) is 10.4. The molecule has 0 aromatic carbocycles. The molecule has 1 fully saturated rings. The average Bonchev–Trinajstić information content (AvgIpc) is 2.48. The van der Waals surface area contributed by atoms with Crippen LogP contribution in [0.1, 0.15) is 34.1 Å². The molecule has 1 rings (SSSR count). The number of carbonyl (C=O) groups is 2. The normalized spacial score (nSPS) is 21.9. The molecule has 1 heterocycles. The summed E-state index contributed by atoms with van der Waals surface area (Å²) in [7, 11) is 0. The molecule has 0 aliphatic carbocycles. The molecule has 1 aliphatic rings. The molecule has 0 spiro atoms. The molecule has 0 bridgehead atoms. The Morgan fingerprint density at radius 1 is 1.38 bits per heavy atom. The maximum absolute atomic E-state index is 11.4. The van der Waals surface area contributed by atoms with Gasteiger partial charge >= 0.3 is 6.09 Å². The topological polar surface area (TPSA) is 58.6 Å². The first-order valence-electron chi connectivity index (χ1n) is 5.53. The van der Waals surface area contributed by atoms with Gasteiger partial charge in [-0.05, 0) is 34.1 Å². The van der Waals surface area contributed by atoms with Crippen LogP contribution in [0, 0.1) is 5.92 Å². The predicted molar refractivity (Wildman–Crippen MR) is 59.7 cm³/mol. The molecule has 16 heavy (non-hydrogen) atoms. The Kier molecular flexibility index (Phi) is 3.91. The van der Waals surface area contributed by atoms with Crippen LogP contribution in [0.25, 0.3) is 0 Å². The number of ether oxygens (including phenoxy) is 1. The Balaban J connectivity index is 2.34. The number of hydrogen-bond acceptors (Lipinski definition) is 4. The summed E-state index contributed by atoms with van der Waals surface area (Å²) >= 11 is 0. The largest absolute Gasteiger partial charge is 0.443 e. The molecule has 0 saturated carbocycles. The van der Waals surface area contributed by atoms with E-state index in [1.54, 1.807) is 11.9 Å². The number of hydrogen-bond donors (Lipinski definition) is 1. The molecule has 1 N–H and O–H groups in total. The smallest absolute Gasteiger partial charge is 0.422 e. The first-order chi connectivity index (χ1) is 7.28. The van der Waals surface area contributed by atoms with Gasteiger partial charge < -0.3 is 4.74 Å². The number of Topliss-reactive ketones (excluding diaryl/α,β-unsaturated/α-hetero) is 1. The number of nitrogens with one attached hydrogen (secondary N) is 1. The van der Waals surface area contributed by atoms with Crippen LogP contribution in [0.4, 0.5) is 4.79 Å². The van der Waals surface area contributed by atoms with E-state index in [2.05, 4.69) is 5.43 Å². The fraction of sp³-hybridized carbons (Fsp3) is 0.818. The monoisotopic (exact) mass is 228 g/mol. The molecule has 0 aromatic rings. The third-order valence-corrected chi connectivity index (χ3v) is 2.41. The summed E-state index contributed by atoms with van der Waals surface area (Å²) in [6, 6.07) is 0. The van der Waals surface area contributed by atoms with Crippen LogP contribution < -0.4 is 5.43 Å². The molecule has 92 valence electrons. The number of hydrazine groups is 1. The summed E-state index contributed by atoms with van der Waals surface area (Å²) in [5.41, 5.74) is 2.14. The second kappa shape index (κ2) is 4.82. The van der Waals surface area contributed by atoms with E-state index in [1.807, 2.05) is 20.8 Å². The van der Waals surface area contributed by atoms with Crippen molar-refractivity contribution in [2.24, 2.45) is 5.92 Å². The van der Waals surface area contributed by atoms with Crippen LogP contribution in [-0.4, -0.2) is 35.6 Å². The molecule has 1 unspecified atom stereocenters. The standard InChI is InChI=1S/C11H20N2O3/c1-8(14)9-5-6-13(7-9)12-10(15)16-11(2,3)4/h9H,5-7H2,1-4H3,(H,12,15). The molecular weight excluding hydrogens is 208 g/mol. The second-order valence-corrected chi connectivity index (χ2v) is 5.16. The molecule has 1 saturated heterocycles. The van der Waals surface area contributed by atoms with Crippen LogP contribution in [-0.2, 0) is 9.53 Å². The minimum absolute atomic E-state index is 0.0370. The maximum Gasteiger partial charge on any atom is 0.422 e. The quantitative estimate of drug-likeness (QED) is 0.774. The van der Waals surface area contributed by atoms with Gasteiger partial charge in [0.2, 0.25) is 0 Å².